The Bertz CT molecular complexity index is 1090. The molecule has 1 N–H and O–H groups in total. The zero-order valence-corrected chi connectivity index (χ0v) is 15.6. The van der Waals surface area contributed by atoms with Gasteiger partial charge in [-0.15, -0.1) is 0 Å². The SMILES string of the molecule is COc1ccc(-c2ccc(=O)[nH]n2)cc1COS(=O)(=O)c1ccc(C)cc1. The maximum Gasteiger partial charge on any atom is 0.297 e. The van der Waals surface area contributed by atoms with E-state index < -0.39 is 10.1 Å². The van der Waals surface area contributed by atoms with Crippen molar-refractivity contribution in [1.29, 1.82) is 0 Å². The summed E-state index contributed by atoms with van der Waals surface area (Å²) in [6.07, 6.45) is 0. The summed E-state index contributed by atoms with van der Waals surface area (Å²) in [5.74, 6) is 0.488. The Kier molecular flexibility index (Phi) is 5.38. The van der Waals surface area contributed by atoms with Crippen molar-refractivity contribution in [1.82, 2.24) is 10.2 Å². The molecule has 0 spiro atoms. The molecule has 0 atom stereocenters. The van der Waals surface area contributed by atoms with Gasteiger partial charge in [0.25, 0.3) is 15.7 Å². The molecule has 140 valence electrons. The van der Waals surface area contributed by atoms with Crippen LogP contribution in [-0.4, -0.2) is 25.7 Å². The quantitative estimate of drug-likeness (QED) is 0.654. The molecule has 1 heterocycles. The lowest BCUT2D eigenvalue weighted by Gasteiger charge is -2.11. The highest BCUT2D eigenvalue weighted by atomic mass is 32.2. The molecule has 7 nitrogen and oxygen atoms in total. The van der Waals surface area contributed by atoms with Crippen molar-refractivity contribution in [2.75, 3.05) is 7.11 Å². The molecule has 2 aromatic carbocycles. The van der Waals surface area contributed by atoms with Crippen molar-refractivity contribution < 1.29 is 17.3 Å². The van der Waals surface area contributed by atoms with Gasteiger partial charge in [0, 0.05) is 17.2 Å². The monoisotopic (exact) mass is 386 g/mol. The minimum atomic E-state index is -3.90. The number of nitrogens with zero attached hydrogens (tertiary/aromatic N) is 1. The van der Waals surface area contributed by atoms with E-state index in [9.17, 15) is 13.2 Å². The molecule has 0 aliphatic rings. The summed E-state index contributed by atoms with van der Waals surface area (Å²) in [7, 11) is -2.41. The second-order valence-corrected chi connectivity index (χ2v) is 7.48. The van der Waals surface area contributed by atoms with Crippen LogP contribution in [0.1, 0.15) is 11.1 Å². The van der Waals surface area contributed by atoms with Gasteiger partial charge in [0.05, 0.1) is 24.3 Å². The summed E-state index contributed by atoms with van der Waals surface area (Å²) in [6.45, 7) is 1.68. The highest BCUT2D eigenvalue weighted by Crippen LogP contribution is 2.27. The van der Waals surface area contributed by atoms with Gasteiger partial charge in [-0.25, -0.2) is 5.10 Å². The van der Waals surface area contributed by atoms with Crippen LogP contribution in [0, 0.1) is 6.92 Å². The number of ether oxygens (including phenoxy) is 1. The second-order valence-electron chi connectivity index (χ2n) is 5.86. The van der Waals surface area contributed by atoms with Crippen LogP contribution in [0.3, 0.4) is 0 Å². The molecule has 0 saturated heterocycles. The first kappa shape index (κ1) is 18.8. The van der Waals surface area contributed by atoms with Crippen LogP contribution in [-0.2, 0) is 20.9 Å². The van der Waals surface area contributed by atoms with Gasteiger partial charge in [0.2, 0.25) is 0 Å². The van der Waals surface area contributed by atoms with E-state index in [2.05, 4.69) is 10.2 Å². The van der Waals surface area contributed by atoms with Crippen molar-refractivity contribution in [2.45, 2.75) is 18.4 Å². The molecule has 0 unspecified atom stereocenters. The van der Waals surface area contributed by atoms with Crippen molar-refractivity contribution in [3.05, 3.63) is 76.1 Å². The Morgan fingerprint density at radius 2 is 1.78 bits per heavy atom. The van der Waals surface area contributed by atoms with Crippen molar-refractivity contribution in [2.24, 2.45) is 0 Å². The minimum Gasteiger partial charge on any atom is -0.496 e. The summed E-state index contributed by atoms with van der Waals surface area (Å²) >= 11 is 0. The van der Waals surface area contributed by atoms with Gasteiger partial charge in [-0.3, -0.25) is 8.98 Å². The highest BCUT2D eigenvalue weighted by molar-refractivity contribution is 7.86. The number of benzene rings is 2. The fourth-order valence-electron chi connectivity index (χ4n) is 2.47. The average molecular weight is 386 g/mol. The van der Waals surface area contributed by atoms with Crippen molar-refractivity contribution >= 4 is 10.1 Å². The molecule has 0 fully saturated rings. The first-order valence-corrected chi connectivity index (χ1v) is 9.49. The third-order valence-electron chi connectivity index (χ3n) is 3.93. The molecular formula is C19H18N2O5S. The number of methoxy groups -OCH3 is 1. The molecule has 0 aliphatic carbocycles. The van der Waals surface area contributed by atoms with Crippen LogP contribution in [0.5, 0.6) is 5.75 Å². The first-order valence-electron chi connectivity index (χ1n) is 8.08. The number of aryl methyl sites for hydroxylation is 1. The predicted octanol–water partition coefficient (Wildman–Crippen LogP) is 2.66. The lowest BCUT2D eigenvalue weighted by Crippen LogP contribution is -2.08. The molecule has 0 saturated carbocycles. The van der Waals surface area contributed by atoms with E-state index in [0.29, 0.717) is 22.6 Å². The number of nitrogens with one attached hydrogen (secondary N) is 1. The average Bonchev–Trinajstić information content (AvgIpc) is 2.67. The van der Waals surface area contributed by atoms with E-state index in [0.717, 1.165) is 5.56 Å². The number of H-pyrrole nitrogens is 1. The lowest BCUT2D eigenvalue weighted by molar-refractivity contribution is 0.299. The summed E-state index contributed by atoms with van der Waals surface area (Å²) in [5, 5.41) is 6.34. The third kappa shape index (κ3) is 4.42. The fourth-order valence-corrected chi connectivity index (χ4v) is 3.36. The molecule has 0 amide bonds. The Morgan fingerprint density at radius 3 is 2.41 bits per heavy atom. The predicted molar refractivity (Wildman–Crippen MR) is 100.0 cm³/mol. The summed E-state index contributed by atoms with van der Waals surface area (Å²) in [6, 6.07) is 14.5. The van der Waals surface area contributed by atoms with E-state index in [-0.39, 0.29) is 17.1 Å². The largest absolute Gasteiger partial charge is 0.496 e. The number of rotatable bonds is 6. The van der Waals surface area contributed by atoms with E-state index in [4.69, 9.17) is 8.92 Å². The minimum absolute atomic E-state index is 0.0884. The second kappa shape index (κ2) is 7.73. The normalized spacial score (nSPS) is 11.3. The van der Waals surface area contributed by atoms with Crippen molar-refractivity contribution in [3.8, 4) is 17.0 Å². The third-order valence-corrected chi connectivity index (χ3v) is 5.21. The number of aromatic nitrogens is 2. The molecule has 0 bridgehead atoms. The molecular weight excluding hydrogens is 368 g/mol. The molecule has 8 heteroatoms. The maximum atomic E-state index is 12.4. The molecule has 3 rings (SSSR count). The van der Waals surface area contributed by atoms with E-state index >= 15 is 0 Å². The van der Waals surface area contributed by atoms with Crippen LogP contribution >= 0.6 is 0 Å². The Labute approximate surface area is 156 Å². The van der Waals surface area contributed by atoms with Gasteiger partial charge >= 0.3 is 0 Å². The summed E-state index contributed by atoms with van der Waals surface area (Å²) in [4.78, 5) is 11.3. The topological polar surface area (TPSA) is 98.3 Å². The number of aromatic amines is 1. The molecule has 27 heavy (non-hydrogen) atoms. The van der Waals surface area contributed by atoms with E-state index in [1.54, 1.807) is 36.4 Å². The summed E-state index contributed by atoms with van der Waals surface area (Å²) < 4.78 is 35.3. The Balaban J connectivity index is 1.87. The van der Waals surface area contributed by atoms with Gasteiger partial charge in [-0.05, 0) is 43.3 Å². The van der Waals surface area contributed by atoms with Crippen LogP contribution in [0.25, 0.3) is 11.3 Å². The zero-order chi connectivity index (χ0) is 19.4. The van der Waals surface area contributed by atoms with E-state index in [1.807, 2.05) is 6.92 Å². The lowest BCUT2D eigenvalue weighted by atomic mass is 10.1. The van der Waals surface area contributed by atoms with Gasteiger partial charge in [-0.1, -0.05) is 17.7 Å². The van der Waals surface area contributed by atoms with Crippen molar-refractivity contribution in [3.63, 3.8) is 0 Å². The number of hydrogen-bond donors (Lipinski definition) is 1. The zero-order valence-electron chi connectivity index (χ0n) is 14.8. The molecule has 1 aromatic heterocycles. The summed E-state index contributed by atoms with van der Waals surface area (Å²) in [5.41, 5.74) is 2.42. The van der Waals surface area contributed by atoms with Crippen LogP contribution in [0.4, 0.5) is 0 Å². The Hall–Kier alpha value is -2.97. The molecule has 0 radical (unpaired) electrons. The molecule has 3 aromatic rings. The van der Waals surface area contributed by atoms with E-state index in [1.165, 1.54) is 25.3 Å². The van der Waals surface area contributed by atoms with Crippen LogP contribution in [0.15, 0.2) is 64.3 Å². The highest BCUT2D eigenvalue weighted by Gasteiger charge is 2.17. The smallest absolute Gasteiger partial charge is 0.297 e. The van der Waals surface area contributed by atoms with Gasteiger partial charge < -0.3 is 4.74 Å². The van der Waals surface area contributed by atoms with Crippen LogP contribution < -0.4 is 10.3 Å². The fraction of sp³-hybridized carbons (Fsp3) is 0.158. The maximum absolute atomic E-state index is 12.4. The Morgan fingerprint density at radius 1 is 1.04 bits per heavy atom. The number of hydrogen-bond acceptors (Lipinski definition) is 6. The first-order chi connectivity index (χ1) is 12.9. The van der Waals surface area contributed by atoms with Gasteiger partial charge in [0.15, 0.2) is 0 Å². The van der Waals surface area contributed by atoms with Gasteiger partial charge in [0.1, 0.15) is 5.75 Å². The van der Waals surface area contributed by atoms with Crippen LogP contribution in [0.2, 0.25) is 0 Å². The standard InChI is InChI=1S/C19H18N2O5S/c1-13-3-6-16(7-4-13)27(23,24)26-12-15-11-14(5-9-18(15)25-2)17-8-10-19(22)21-20-17/h3-11H,12H2,1-2H3,(H,21,22). The van der Waals surface area contributed by atoms with Gasteiger partial charge in [-0.2, -0.15) is 13.5 Å². The molecule has 0 aliphatic heterocycles.